The first-order valence-electron chi connectivity index (χ1n) is 7.33. The Balaban J connectivity index is 2.01. The number of benzene rings is 1. The quantitative estimate of drug-likeness (QED) is 0.916. The van der Waals surface area contributed by atoms with Gasteiger partial charge in [0.1, 0.15) is 0 Å². The van der Waals surface area contributed by atoms with Gasteiger partial charge in [-0.25, -0.2) is 0 Å². The van der Waals surface area contributed by atoms with Crippen LogP contribution in [0.4, 0.5) is 5.69 Å². The molecule has 2 rings (SSSR count). The third-order valence-electron chi connectivity index (χ3n) is 3.74. The van der Waals surface area contributed by atoms with E-state index in [4.69, 9.17) is 5.73 Å². The van der Waals surface area contributed by atoms with E-state index in [0.29, 0.717) is 0 Å². The topological polar surface area (TPSA) is 29.3 Å². The second-order valence-electron chi connectivity index (χ2n) is 5.70. The Bertz CT molecular complexity index is 380. The summed E-state index contributed by atoms with van der Waals surface area (Å²) in [5, 5.41) is 1.44. The van der Waals surface area contributed by atoms with Crippen molar-refractivity contribution >= 4 is 17.4 Å². The molecule has 106 valence electrons. The summed E-state index contributed by atoms with van der Waals surface area (Å²) in [6.45, 7) is 9.10. The molecule has 1 heterocycles. The number of hydrogen-bond acceptors (Lipinski definition) is 3. The van der Waals surface area contributed by atoms with Crippen LogP contribution in [0.2, 0.25) is 0 Å². The molecule has 0 amide bonds. The smallest absolute Gasteiger partial charge is 0.0367 e. The fourth-order valence-corrected chi connectivity index (χ4v) is 4.00. The maximum absolute atomic E-state index is 6.01. The molecule has 1 aromatic rings. The fourth-order valence-electron chi connectivity index (χ4n) is 2.68. The van der Waals surface area contributed by atoms with Crippen molar-refractivity contribution in [2.75, 3.05) is 18.0 Å². The standard InChI is InChI=1S/C16H26N2S/c1-4-15(17)9-14-5-7-16(8-6-14)18-10-12(2)19-13(3)11-18/h5-8,12-13,15H,4,9-11,17H2,1-3H3. The highest BCUT2D eigenvalue weighted by Crippen LogP contribution is 2.28. The van der Waals surface area contributed by atoms with E-state index in [-0.39, 0.29) is 6.04 Å². The van der Waals surface area contributed by atoms with Gasteiger partial charge in [0, 0.05) is 35.3 Å². The van der Waals surface area contributed by atoms with E-state index in [0.717, 1.165) is 36.4 Å². The molecule has 1 fully saturated rings. The molecule has 1 saturated heterocycles. The predicted molar refractivity (Wildman–Crippen MR) is 87.1 cm³/mol. The third-order valence-corrected chi connectivity index (χ3v) is 4.97. The summed E-state index contributed by atoms with van der Waals surface area (Å²) in [5.74, 6) is 0. The molecule has 3 atom stereocenters. The number of anilines is 1. The minimum absolute atomic E-state index is 0.289. The molecular formula is C16H26N2S. The molecule has 0 aliphatic carbocycles. The van der Waals surface area contributed by atoms with Crippen LogP contribution in [0.3, 0.4) is 0 Å². The van der Waals surface area contributed by atoms with Gasteiger partial charge in [-0.1, -0.05) is 32.9 Å². The van der Waals surface area contributed by atoms with Crippen molar-refractivity contribution in [2.24, 2.45) is 5.73 Å². The van der Waals surface area contributed by atoms with Crippen LogP contribution in [0.1, 0.15) is 32.8 Å². The van der Waals surface area contributed by atoms with Gasteiger partial charge in [-0.2, -0.15) is 11.8 Å². The number of rotatable bonds is 4. The molecule has 3 unspecified atom stereocenters. The summed E-state index contributed by atoms with van der Waals surface area (Å²) in [4.78, 5) is 2.51. The minimum Gasteiger partial charge on any atom is -0.369 e. The number of thioether (sulfide) groups is 1. The molecule has 0 radical (unpaired) electrons. The van der Waals surface area contributed by atoms with Crippen LogP contribution in [0.25, 0.3) is 0 Å². The molecule has 1 aliphatic rings. The second-order valence-corrected chi connectivity index (χ2v) is 7.58. The lowest BCUT2D eigenvalue weighted by atomic mass is 10.0. The van der Waals surface area contributed by atoms with E-state index in [1.165, 1.54) is 11.3 Å². The Kier molecular flexibility index (Phi) is 5.17. The minimum atomic E-state index is 0.289. The maximum atomic E-state index is 6.01. The van der Waals surface area contributed by atoms with Gasteiger partial charge in [-0.05, 0) is 30.5 Å². The molecule has 1 aliphatic heterocycles. The van der Waals surface area contributed by atoms with Gasteiger partial charge in [-0.15, -0.1) is 0 Å². The highest BCUT2D eigenvalue weighted by molar-refractivity contribution is 8.00. The molecule has 3 heteroatoms. The van der Waals surface area contributed by atoms with Crippen LogP contribution in [0, 0.1) is 0 Å². The second kappa shape index (κ2) is 6.67. The average Bonchev–Trinajstić information content (AvgIpc) is 2.38. The Hall–Kier alpha value is -0.670. The SMILES string of the molecule is CCC(N)Cc1ccc(N2CC(C)SC(C)C2)cc1. The molecule has 2 nitrogen and oxygen atoms in total. The summed E-state index contributed by atoms with van der Waals surface area (Å²) in [6, 6.07) is 9.28. The fraction of sp³-hybridized carbons (Fsp3) is 0.625. The molecular weight excluding hydrogens is 252 g/mol. The molecule has 0 bridgehead atoms. The van der Waals surface area contributed by atoms with Crippen LogP contribution in [0.15, 0.2) is 24.3 Å². The Morgan fingerprint density at radius 1 is 1.21 bits per heavy atom. The van der Waals surface area contributed by atoms with Gasteiger partial charge >= 0.3 is 0 Å². The van der Waals surface area contributed by atoms with Crippen molar-refractivity contribution in [1.82, 2.24) is 0 Å². The van der Waals surface area contributed by atoms with Crippen LogP contribution in [-0.2, 0) is 6.42 Å². The van der Waals surface area contributed by atoms with Gasteiger partial charge in [0.2, 0.25) is 0 Å². The highest BCUT2D eigenvalue weighted by Gasteiger charge is 2.22. The number of hydrogen-bond donors (Lipinski definition) is 1. The van der Waals surface area contributed by atoms with Gasteiger partial charge in [0.15, 0.2) is 0 Å². The van der Waals surface area contributed by atoms with E-state index in [1.807, 2.05) is 0 Å². The zero-order chi connectivity index (χ0) is 13.8. The Morgan fingerprint density at radius 3 is 2.32 bits per heavy atom. The van der Waals surface area contributed by atoms with E-state index < -0.39 is 0 Å². The lowest BCUT2D eigenvalue weighted by molar-refractivity contribution is 0.646. The summed E-state index contributed by atoms with van der Waals surface area (Å²) >= 11 is 2.10. The van der Waals surface area contributed by atoms with Crippen molar-refractivity contribution in [2.45, 2.75) is 50.2 Å². The maximum Gasteiger partial charge on any atom is 0.0367 e. The Labute approximate surface area is 121 Å². The summed E-state index contributed by atoms with van der Waals surface area (Å²) in [5.41, 5.74) is 8.72. The normalized spacial score (nSPS) is 25.4. The summed E-state index contributed by atoms with van der Waals surface area (Å²) in [7, 11) is 0. The van der Waals surface area contributed by atoms with Crippen LogP contribution < -0.4 is 10.6 Å². The van der Waals surface area contributed by atoms with E-state index in [2.05, 4.69) is 61.7 Å². The van der Waals surface area contributed by atoms with E-state index >= 15 is 0 Å². The average molecular weight is 278 g/mol. The highest BCUT2D eigenvalue weighted by atomic mass is 32.2. The monoisotopic (exact) mass is 278 g/mol. The van der Waals surface area contributed by atoms with E-state index in [9.17, 15) is 0 Å². The largest absolute Gasteiger partial charge is 0.369 e. The van der Waals surface area contributed by atoms with Crippen molar-refractivity contribution in [3.05, 3.63) is 29.8 Å². The zero-order valence-electron chi connectivity index (χ0n) is 12.3. The number of nitrogens with two attached hydrogens (primary N) is 1. The van der Waals surface area contributed by atoms with Gasteiger partial charge in [0.05, 0.1) is 0 Å². The lowest BCUT2D eigenvalue weighted by Gasteiger charge is -2.36. The molecule has 19 heavy (non-hydrogen) atoms. The molecule has 2 N–H and O–H groups in total. The van der Waals surface area contributed by atoms with E-state index in [1.54, 1.807) is 0 Å². The van der Waals surface area contributed by atoms with Gasteiger partial charge in [-0.3, -0.25) is 0 Å². The zero-order valence-corrected chi connectivity index (χ0v) is 13.1. The first-order chi connectivity index (χ1) is 9.08. The lowest BCUT2D eigenvalue weighted by Crippen LogP contribution is -2.40. The van der Waals surface area contributed by atoms with Crippen LogP contribution in [0.5, 0.6) is 0 Å². The molecule has 1 aromatic carbocycles. The van der Waals surface area contributed by atoms with Gasteiger partial charge in [0.25, 0.3) is 0 Å². The van der Waals surface area contributed by atoms with Crippen LogP contribution >= 0.6 is 11.8 Å². The van der Waals surface area contributed by atoms with Crippen molar-refractivity contribution in [3.8, 4) is 0 Å². The van der Waals surface area contributed by atoms with Crippen LogP contribution in [-0.4, -0.2) is 29.6 Å². The third kappa shape index (κ3) is 4.15. The molecule has 0 saturated carbocycles. The summed E-state index contributed by atoms with van der Waals surface area (Å²) in [6.07, 6.45) is 2.03. The predicted octanol–water partition coefficient (Wildman–Crippen LogP) is 3.30. The van der Waals surface area contributed by atoms with Crippen molar-refractivity contribution in [1.29, 1.82) is 0 Å². The Morgan fingerprint density at radius 2 is 1.79 bits per heavy atom. The number of nitrogens with zero attached hydrogens (tertiary/aromatic N) is 1. The molecule has 0 spiro atoms. The van der Waals surface area contributed by atoms with Crippen molar-refractivity contribution < 1.29 is 0 Å². The summed E-state index contributed by atoms with van der Waals surface area (Å²) < 4.78 is 0. The molecule has 0 aromatic heterocycles. The first-order valence-corrected chi connectivity index (χ1v) is 8.27. The van der Waals surface area contributed by atoms with Gasteiger partial charge < -0.3 is 10.6 Å². The van der Waals surface area contributed by atoms with Crippen molar-refractivity contribution in [3.63, 3.8) is 0 Å². The first kappa shape index (κ1) is 14.7.